The predicted molar refractivity (Wildman–Crippen MR) is 66.3 cm³/mol. The Labute approximate surface area is 109 Å². The minimum atomic E-state index is -1.46. The maximum Gasteiger partial charge on any atom is 0.194 e. The number of aromatic nitrogens is 2. The molecule has 0 spiro atoms. The molecule has 2 rings (SSSR count). The third kappa shape index (κ3) is 2.57. The molecule has 0 unspecified atom stereocenters. The molecule has 0 saturated heterocycles. The minimum Gasteiger partial charge on any atom is -0.381 e. The van der Waals surface area contributed by atoms with Crippen molar-refractivity contribution in [1.82, 2.24) is 9.78 Å². The molecule has 2 aromatic rings. The molecule has 1 aromatic carbocycles. The number of rotatable bonds is 3. The number of anilines is 1. The van der Waals surface area contributed by atoms with Crippen LogP contribution in [0.2, 0.25) is 0 Å². The highest BCUT2D eigenvalue weighted by molar-refractivity contribution is 5.45. The van der Waals surface area contributed by atoms with Gasteiger partial charge in [-0.1, -0.05) is 0 Å². The van der Waals surface area contributed by atoms with E-state index in [2.05, 4.69) is 10.4 Å². The SMILES string of the molecule is Cc1nn(C)c(C)c1CNc1cc(F)c(F)c(F)c1. The van der Waals surface area contributed by atoms with Crippen LogP contribution in [-0.2, 0) is 13.6 Å². The molecule has 0 atom stereocenters. The van der Waals surface area contributed by atoms with Crippen molar-refractivity contribution in [2.75, 3.05) is 5.32 Å². The van der Waals surface area contributed by atoms with Gasteiger partial charge in [0.05, 0.1) is 5.69 Å². The Balaban J connectivity index is 2.19. The number of nitrogens with zero attached hydrogens (tertiary/aromatic N) is 2. The third-order valence-electron chi connectivity index (χ3n) is 3.11. The van der Waals surface area contributed by atoms with Gasteiger partial charge in [0.15, 0.2) is 17.5 Å². The molecule has 102 valence electrons. The molecule has 0 aliphatic rings. The summed E-state index contributed by atoms with van der Waals surface area (Å²) < 4.78 is 40.7. The number of aryl methyl sites for hydroxylation is 2. The van der Waals surface area contributed by atoms with E-state index in [9.17, 15) is 13.2 Å². The molecule has 0 fully saturated rings. The van der Waals surface area contributed by atoms with Crippen molar-refractivity contribution in [3.05, 3.63) is 46.5 Å². The lowest BCUT2D eigenvalue weighted by molar-refractivity contribution is 0.447. The van der Waals surface area contributed by atoms with Crippen LogP contribution in [0.4, 0.5) is 18.9 Å². The summed E-state index contributed by atoms with van der Waals surface area (Å²) in [4.78, 5) is 0. The van der Waals surface area contributed by atoms with Crippen LogP contribution in [-0.4, -0.2) is 9.78 Å². The van der Waals surface area contributed by atoms with Gasteiger partial charge >= 0.3 is 0 Å². The Bertz CT molecular complexity index is 597. The Hall–Kier alpha value is -1.98. The van der Waals surface area contributed by atoms with E-state index in [1.165, 1.54) is 0 Å². The molecule has 0 aliphatic heterocycles. The molecule has 0 bridgehead atoms. The van der Waals surface area contributed by atoms with Crippen LogP contribution in [0, 0.1) is 31.3 Å². The van der Waals surface area contributed by atoms with Gasteiger partial charge in [0, 0.05) is 42.7 Å². The molecule has 1 N–H and O–H groups in total. The first-order chi connectivity index (χ1) is 8.90. The van der Waals surface area contributed by atoms with Crippen LogP contribution in [0.15, 0.2) is 12.1 Å². The topological polar surface area (TPSA) is 29.9 Å². The normalized spacial score (nSPS) is 10.8. The average molecular weight is 269 g/mol. The molecule has 3 nitrogen and oxygen atoms in total. The van der Waals surface area contributed by atoms with Crippen molar-refractivity contribution >= 4 is 5.69 Å². The van der Waals surface area contributed by atoms with E-state index < -0.39 is 17.5 Å². The monoisotopic (exact) mass is 269 g/mol. The van der Waals surface area contributed by atoms with Crippen molar-refractivity contribution in [3.63, 3.8) is 0 Å². The summed E-state index contributed by atoms with van der Waals surface area (Å²) in [6, 6.07) is 1.86. The first-order valence-electron chi connectivity index (χ1n) is 5.77. The molecule has 6 heteroatoms. The summed E-state index contributed by atoms with van der Waals surface area (Å²) >= 11 is 0. The van der Waals surface area contributed by atoms with Gasteiger partial charge in [-0.25, -0.2) is 13.2 Å². The van der Waals surface area contributed by atoms with Gasteiger partial charge in [0.2, 0.25) is 0 Å². The van der Waals surface area contributed by atoms with Crippen LogP contribution < -0.4 is 5.32 Å². The standard InChI is InChI=1S/C13H14F3N3/c1-7-10(8(2)19(3)18-7)6-17-9-4-11(14)13(16)12(15)5-9/h4-5,17H,6H2,1-3H3. The Morgan fingerprint density at radius 3 is 2.21 bits per heavy atom. The summed E-state index contributed by atoms with van der Waals surface area (Å²) in [7, 11) is 1.82. The first kappa shape index (κ1) is 13.5. The number of nitrogens with one attached hydrogen (secondary N) is 1. The van der Waals surface area contributed by atoms with Crippen LogP contribution >= 0.6 is 0 Å². The van der Waals surface area contributed by atoms with Gasteiger partial charge < -0.3 is 5.32 Å². The van der Waals surface area contributed by atoms with Gasteiger partial charge in [-0.15, -0.1) is 0 Å². The minimum absolute atomic E-state index is 0.194. The van der Waals surface area contributed by atoms with E-state index in [1.54, 1.807) is 4.68 Å². The van der Waals surface area contributed by atoms with Crippen LogP contribution in [0.25, 0.3) is 0 Å². The Kier molecular flexibility index (Phi) is 3.50. The maximum absolute atomic E-state index is 13.1. The van der Waals surface area contributed by atoms with Gasteiger partial charge in [0.1, 0.15) is 0 Å². The van der Waals surface area contributed by atoms with Gasteiger partial charge in [-0.3, -0.25) is 4.68 Å². The Morgan fingerprint density at radius 1 is 1.16 bits per heavy atom. The molecule has 0 aliphatic carbocycles. The summed E-state index contributed by atoms with van der Waals surface area (Å²) in [5.41, 5.74) is 2.95. The highest BCUT2D eigenvalue weighted by Gasteiger charge is 2.12. The second-order valence-corrected chi connectivity index (χ2v) is 4.38. The molecule has 0 radical (unpaired) electrons. The van der Waals surface area contributed by atoms with E-state index in [0.29, 0.717) is 6.54 Å². The molecule has 1 heterocycles. The van der Waals surface area contributed by atoms with E-state index in [-0.39, 0.29) is 5.69 Å². The van der Waals surface area contributed by atoms with Gasteiger partial charge in [-0.05, 0) is 13.8 Å². The fourth-order valence-electron chi connectivity index (χ4n) is 1.92. The van der Waals surface area contributed by atoms with Crippen molar-refractivity contribution < 1.29 is 13.2 Å². The summed E-state index contributed by atoms with van der Waals surface area (Å²) in [5.74, 6) is -3.87. The predicted octanol–water partition coefficient (Wildman–Crippen LogP) is 3.07. The fourth-order valence-corrected chi connectivity index (χ4v) is 1.92. The quantitative estimate of drug-likeness (QED) is 0.868. The smallest absolute Gasteiger partial charge is 0.194 e. The van der Waals surface area contributed by atoms with Gasteiger partial charge in [0.25, 0.3) is 0 Å². The molecular formula is C13H14F3N3. The second-order valence-electron chi connectivity index (χ2n) is 4.38. The van der Waals surface area contributed by atoms with Crippen molar-refractivity contribution in [2.45, 2.75) is 20.4 Å². The zero-order valence-electron chi connectivity index (χ0n) is 10.9. The summed E-state index contributed by atoms with van der Waals surface area (Å²) in [6.45, 7) is 4.13. The molecular weight excluding hydrogens is 255 g/mol. The average Bonchev–Trinajstić information content (AvgIpc) is 2.58. The lowest BCUT2D eigenvalue weighted by Gasteiger charge is -2.08. The van der Waals surface area contributed by atoms with E-state index in [0.717, 1.165) is 29.1 Å². The molecule has 0 saturated carbocycles. The van der Waals surface area contributed by atoms with Crippen LogP contribution in [0.5, 0.6) is 0 Å². The first-order valence-corrected chi connectivity index (χ1v) is 5.77. The number of benzene rings is 1. The lowest BCUT2D eigenvalue weighted by Crippen LogP contribution is -2.04. The largest absolute Gasteiger partial charge is 0.381 e. The second kappa shape index (κ2) is 4.95. The highest BCUT2D eigenvalue weighted by Crippen LogP contribution is 2.19. The fraction of sp³-hybridized carbons (Fsp3) is 0.308. The molecule has 1 aromatic heterocycles. The Morgan fingerprint density at radius 2 is 1.74 bits per heavy atom. The number of halogens is 3. The van der Waals surface area contributed by atoms with E-state index in [4.69, 9.17) is 0 Å². The zero-order chi connectivity index (χ0) is 14.2. The zero-order valence-corrected chi connectivity index (χ0v) is 10.9. The van der Waals surface area contributed by atoms with Gasteiger partial charge in [-0.2, -0.15) is 5.10 Å². The van der Waals surface area contributed by atoms with Crippen molar-refractivity contribution in [3.8, 4) is 0 Å². The van der Waals surface area contributed by atoms with Crippen molar-refractivity contribution in [2.24, 2.45) is 7.05 Å². The summed E-state index contributed by atoms with van der Waals surface area (Å²) in [5, 5.41) is 7.11. The number of hydrogen-bond acceptors (Lipinski definition) is 2. The van der Waals surface area contributed by atoms with Crippen LogP contribution in [0.1, 0.15) is 17.0 Å². The molecule has 19 heavy (non-hydrogen) atoms. The molecule has 0 amide bonds. The van der Waals surface area contributed by atoms with Crippen molar-refractivity contribution in [1.29, 1.82) is 0 Å². The van der Waals surface area contributed by atoms with Crippen LogP contribution in [0.3, 0.4) is 0 Å². The van der Waals surface area contributed by atoms with E-state index in [1.807, 2.05) is 20.9 Å². The lowest BCUT2D eigenvalue weighted by atomic mass is 10.2. The number of hydrogen-bond donors (Lipinski definition) is 1. The third-order valence-corrected chi connectivity index (χ3v) is 3.11. The highest BCUT2D eigenvalue weighted by atomic mass is 19.2. The maximum atomic E-state index is 13.1. The van der Waals surface area contributed by atoms with E-state index >= 15 is 0 Å². The summed E-state index contributed by atoms with van der Waals surface area (Å²) in [6.07, 6.45) is 0.